The molecule has 0 radical (unpaired) electrons. The summed E-state index contributed by atoms with van der Waals surface area (Å²) in [7, 11) is 0. The second-order valence-electron chi connectivity index (χ2n) is 6.80. The van der Waals surface area contributed by atoms with E-state index < -0.39 is 5.25 Å². The number of anilines is 1. The molecule has 1 N–H and O–H groups in total. The lowest BCUT2D eigenvalue weighted by Crippen LogP contribution is -2.19. The molecule has 2 heterocycles. The maximum atomic E-state index is 13.2. The minimum Gasteiger partial charge on any atom is -0.469 e. The molecule has 2 aromatic heterocycles. The summed E-state index contributed by atoms with van der Waals surface area (Å²) in [4.78, 5) is 24.8. The van der Waals surface area contributed by atoms with Gasteiger partial charge in [-0.3, -0.25) is 9.59 Å². The number of nitrogens with zero attached hydrogens (tertiary/aromatic N) is 2. The third kappa shape index (κ3) is 4.75. The molecular formula is C23H19N3O4S. The van der Waals surface area contributed by atoms with Crippen LogP contribution in [0.4, 0.5) is 5.69 Å². The average molecular weight is 433 g/mol. The Morgan fingerprint density at radius 1 is 1.03 bits per heavy atom. The van der Waals surface area contributed by atoms with E-state index in [4.69, 9.17) is 8.83 Å². The number of furan rings is 1. The van der Waals surface area contributed by atoms with Gasteiger partial charge in [0.1, 0.15) is 11.0 Å². The molecule has 4 rings (SSSR count). The summed E-state index contributed by atoms with van der Waals surface area (Å²) < 4.78 is 11.1. The van der Waals surface area contributed by atoms with Gasteiger partial charge in [0.2, 0.25) is 5.91 Å². The molecule has 4 aromatic rings. The molecule has 0 spiro atoms. The Kier molecular flexibility index (Phi) is 5.99. The highest BCUT2D eigenvalue weighted by molar-refractivity contribution is 8.00. The van der Waals surface area contributed by atoms with Gasteiger partial charge in [0.25, 0.3) is 11.1 Å². The number of thioether (sulfide) groups is 1. The Hall–Kier alpha value is -3.65. The number of aromatic nitrogens is 2. The first-order valence-corrected chi connectivity index (χ1v) is 10.4. The first-order chi connectivity index (χ1) is 15.0. The number of ketones is 1. The van der Waals surface area contributed by atoms with E-state index in [0.717, 1.165) is 17.3 Å². The van der Waals surface area contributed by atoms with E-state index in [0.29, 0.717) is 28.5 Å². The molecule has 8 heteroatoms. The highest BCUT2D eigenvalue weighted by Crippen LogP contribution is 2.37. The van der Waals surface area contributed by atoms with Crippen molar-refractivity contribution in [2.75, 3.05) is 5.32 Å². The fourth-order valence-electron chi connectivity index (χ4n) is 3.00. The zero-order valence-corrected chi connectivity index (χ0v) is 17.7. The number of carbonyl (C=O) groups excluding carboxylic acids is 2. The van der Waals surface area contributed by atoms with Crippen molar-refractivity contribution in [3.63, 3.8) is 0 Å². The van der Waals surface area contributed by atoms with Gasteiger partial charge in [-0.15, -0.1) is 10.2 Å². The van der Waals surface area contributed by atoms with E-state index in [-0.39, 0.29) is 16.9 Å². The van der Waals surface area contributed by atoms with Gasteiger partial charge in [0.05, 0.1) is 11.8 Å². The fraction of sp³-hybridized carbons (Fsp3) is 0.130. The van der Waals surface area contributed by atoms with Crippen molar-refractivity contribution in [3.05, 3.63) is 83.8 Å². The topological polar surface area (TPSA) is 98.2 Å². The lowest BCUT2D eigenvalue weighted by molar-refractivity contribution is -0.115. The molecule has 0 fully saturated rings. The molecule has 1 atom stereocenters. The van der Waals surface area contributed by atoms with Crippen LogP contribution in [0.25, 0.3) is 11.5 Å². The van der Waals surface area contributed by atoms with Gasteiger partial charge >= 0.3 is 0 Å². The van der Waals surface area contributed by atoms with Gasteiger partial charge in [-0.2, -0.15) is 0 Å². The van der Waals surface area contributed by atoms with Crippen LogP contribution in [0.1, 0.15) is 33.9 Å². The number of nitrogens with one attached hydrogen (secondary N) is 1. The SMILES string of the molecule is CC(=O)c1cccc(NC(=O)[C@@H](Sc2nnc(-c3ccoc3C)o2)c2ccccc2)c1. The van der Waals surface area contributed by atoms with Gasteiger partial charge in [0, 0.05) is 11.3 Å². The Labute approximate surface area is 182 Å². The van der Waals surface area contributed by atoms with Crippen molar-refractivity contribution in [1.29, 1.82) is 0 Å². The van der Waals surface area contributed by atoms with Crippen molar-refractivity contribution in [3.8, 4) is 11.5 Å². The molecule has 0 saturated heterocycles. The number of hydrogen-bond acceptors (Lipinski definition) is 7. The summed E-state index contributed by atoms with van der Waals surface area (Å²) in [5.41, 5.74) is 2.56. The minimum absolute atomic E-state index is 0.0713. The van der Waals surface area contributed by atoms with Crippen molar-refractivity contribution in [2.45, 2.75) is 24.3 Å². The number of carbonyl (C=O) groups is 2. The Morgan fingerprint density at radius 3 is 2.55 bits per heavy atom. The third-order valence-corrected chi connectivity index (χ3v) is 5.68. The van der Waals surface area contributed by atoms with Crippen LogP contribution in [-0.4, -0.2) is 21.9 Å². The van der Waals surface area contributed by atoms with E-state index in [9.17, 15) is 9.59 Å². The molecule has 156 valence electrons. The van der Waals surface area contributed by atoms with Crippen molar-refractivity contribution in [2.24, 2.45) is 0 Å². The predicted molar refractivity (Wildman–Crippen MR) is 117 cm³/mol. The molecule has 31 heavy (non-hydrogen) atoms. The van der Waals surface area contributed by atoms with Crippen molar-refractivity contribution >= 4 is 29.1 Å². The predicted octanol–water partition coefficient (Wildman–Crippen LogP) is 5.31. The Morgan fingerprint density at radius 2 is 1.84 bits per heavy atom. The molecule has 2 aromatic carbocycles. The molecule has 0 bridgehead atoms. The first-order valence-electron chi connectivity index (χ1n) is 9.52. The van der Waals surface area contributed by atoms with Gasteiger partial charge in [-0.05, 0) is 49.4 Å². The monoisotopic (exact) mass is 433 g/mol. The summed E-state index contributed by atoms with van der Waals surface area (Å²) in [6.45, 7) is 3.29. The Balaban J connectivity index is 1.59. The van der Waals surface area contributed by atoms with Crippen LogP contribution in [0.5, 0.6) is 0 Å². The van der Waals surface area contributed by atoms with Crippen LogP contribution < -0.4 is 5.32 Å². The standard InChI is InChI=1S/C23H19N3O4S/c1-14(27)17-9-6-10-18(13-17)24-21(28)20(16-7-4-3-5-8-16)31-23-26-25-22(30-23)19-11-12-29-15(19)2/h3-13,20H,1-2H3,(H,24,28)/t20-/m0/s1. The molecule has 7 nitrogen and oxygen atoms in total. The van der Waals surface area contributed by atoms with Crippen LogP contribution in [-0.2, 0) is 4.79 Å². The van der Waals surface area contributed by atoms with Gasteiger partial charge in [0.15, 0.2) is 5.78 Å². The summed E-state index contributed by atoms with van der Waals surface area (Å²) in [6.07, 6.45) is 1.55. The van der Waals surface area contributed by atoms with E-state index in [1.54, 1.807) is 36.6 Å². The van der Waals surface area contributed by atoms with Crippen LogP contribution in [0.15, 0.2) is 81.0 Å². The number of amides is 1. The number of aryl methyl sites for hydroxylation is 1. The van der Waals surface area contributed by atoms with E-state index in [1.165, 1.54) is 6.92 Å². The van der Waals surface area contributed by atoms with Crippen LogP contribution in [0, 0.1) is 6.92 Å². The smallest absolute Gasteiger partial charge is 0.277 e. The first kappa shape index (κ1) is 20.6. The number of Topliss-reactive ketones (excluding diaryl/α,β-unsaturated/α-hetero) is 1. The van der Waals surface area contributed by atoms with E-state index >= 15 is 0 Å². The third-order valence-electron chi connectivity index (χ3n) is 4.59. The molecule has 0 unspecified atom stereocenters. The zero-order valence-electron chi connectivity index (χ0n) is 16.9. The highest BCUT2D eigenvalue weighted by atomic mass is 32.2. The molecule has 1 amide bonds. The second kappa shape index (κ2) is 9.01. The zero-order chi connectivity index (χ0) is 21.8. The largest absolute Gasteiger partial charge is 0.469 e. The van der Waals surface area contributed by atoms with Crippen LogP contribution in [0.3, 0.4) is 0 Å². The van der Waals surface area contributed by atoms with Crippen molar-refractivity contribution in [1.82, 2.24) is 10.2 Å². The van der Waals surface area contributed by atoms with E-state index in [1.807, 2.05) is 37.3 Å². The van der Waals surface area contributed by atoms with Crippen molar-refractivity contribution < 1.29 is 18.4 Å². The molecule has 0 aliphatic heterocycles. The number of rotatable bonds is 7. The molecular weight excluding hydrogens is 414 g/mol. The fourth-order valence-corrected chi connectivity index (χ4v) is 3.87. The number of hydrogen-bond donors (Lipinski definition) is 1. The highest BCUT2D eigenvalue weighted by Gasteiger charge is 2.26. The normalized spacial score (nSPS) is 11.8. The maximum absolute atomic E-state index is 13.2. The summed E-state index contributed by atoms with van der Waals surface area (Å²) in [6, 6.07) is 17.9. The lowest BCUT2D eigenvalue weighted by Gasteiger charge is -2.15. The van der Waals surface area contributed by atoms with Gasteiger partial charge < -0.3 is 14.2 Å². The minimum atomic E-state index is -0.638. The quantitative estimate of drug-likeness (QED) is 0.311. The van der Waals surface area contributed by atoms with Gasteiger partial charge in [-0.1, -0.05) is 42.5 Å². The molecule has 0 saturated carbocycles. The van der Waals surface area contributed by atoms with Crippen LogP contribution >= 0.6 is 11.8 Å². The van der Waals surface area contributed by atoms with E-state index in [2.05, 4.69) is 15.5 Å². The molecule has 0 aliphatic rings. The maximum Gasteiger partial charge on any atom is 0.277 e. The Bertz CT molecular complexity index is 1220. The molecule has 0 aliphatic carbocycles. The van der Waals surface area contributed by atoms with Crippen LogP contribution in [0.2, 0.25) is 0 Å². The summed E-state index contributed by atoms with van der Waals surface area (Å²) in [5, 5.41) is 10.7. The average Bonchev–Trinajstić information content (AvgIpc) is 3.41. The second-order valence-corrected chi connectivity index (χ2v) is 7.85. The summed E-state index contributed by atoms with van der Waals surface area (Å²) >= 11 is 1.15. The number of benzene rings is 2. The summed E-state index contributed by atoms with van der Waals surface area (Å²) in [5.74, 6) is 0.659. The lowest BCUT2D eigenvalue weighted by atomic mass is 10.1. The van der Waals surface area contributed by atoms with Gasteiger partial charge in [-0.25, -0.2) is 0 Å².